The van der Waals surface area contributed by atoms with E-state index in [0.717, 1.165) is 5.92 Å². The fourth-order valence-electron chi connectivity index (χ4n) is 1.85. The van der Waals surface area contributed by atoms with Crippen LogP contribution in [-0.2, 0) is 0 Å². The smallest absolute Gasteiger partial charge is 0.0223 e. The average Bonchev–Trinajstić information content (AvgIpc) is 2.65. The van der Waals surface area contributed by atoms with Crippen molar-refractivity contribution in [1.82, 2.24) is 5.32 Å². The largest absolute Gasteiger partial charge is 0.326 e. The summed E-state index contributed by atoms with van der Waals surface area (Å²) in [5, 5.41) is 3.45. The molecule has 2 unspecified atom stereocenters. The molecule has 2 heteroatoms. The summed E-state index contributed by atoms with van der Waals surface area (Å²) >= 11 is 0. The zero-order valence-electron chi connectivity index (χ0n) is 6.34. The fraction of sp³-hybridized carbons (Fsp3) is 1.00. The minimum absolute atomic E-state index is 0.461. The number of hydrogen-bond acceptors (Lipinski definition) is 2. The van der Waals surface area contributed by atoms with Gasteiger partial charge in [0.05, 0.1) is 0 Å². The summed E-state index contributed by atoms with van der Waals surface area (Å²) in [5.41, 5.74) is 6.02. The topological polar surface area (TPSA) is 38.0 Å². The first kappa shape index (κ1) is 6.62. The van der Waals surface area contributed by atoms with Crippen molar-refractivity contribution in [2.45, 2.75) is 37.8 Å². The zero-order chi connectivity index (χ0) is 6.97. The summed E-state index contributed by atoms with van der Waals surface area (Å²) < 4.78 is 0. The van der Waals surface area contributed by atoms with Gasteiger partial charge in [-0.05, 0) is 38.1 Å². The Morgan fingerprint density at radius 3 is 2.60 bits per heavy atom. The standard InChI is InChI=1S/C8H16N2/c9-8(6-3-4-6)7-2-1-5-10-7/h6-8,10H,1-5,9H2. The lowest BCUT2D eigenvalue weighted by atomic mass is 10.0. The molecule has 0 aromatic carbocycles. The lowest BCUT2D eigenvalue weighted by Gasteiger charge is -2.18. The van der Waals surface area contributed by atoms with E-state index in [4.69, 9.17) is 5.73 Å². The zero-order valence-corrected chi connectivity index (χ0v) is 6.34. The van der Waals surface area contributed by atoms with Crippen LogP contribution in [0.5, 0.6) is 0 Å². The molecule has 0 amide bonds. The quantitative estimate of drug-likeness (QED) is 0.585. The maximum absolute atomic E-state index is 6.02. The van der Waals surface area contributed by atoms with Crippen LogP contribution in [0.15, 0.2) is 0 Å². The van der Waals surface area contributed by atoms with Gasteiger partial charge in [-0.1, -0.05) is 0 Å². The Morgan fingerprint density at radius 1 is 1.30 bits per heavy atom. The maximum Gasteiger partial charge on any atom is 0.0223 e. The van der Waals surface area contributed by atoms with Gasteiger partial charge in [0, 0.05) is 12.1 Å². The molecule has 2 aliphatic rings. The van der Waals surface area contributed by atoms with E-state index in [1.165, 1.54) is 32.2 Å². The van der Waals surface area contributed by atoms with E-state index in [1.807, 2.05) is 0 Å². The van der Waals surface area contributed by atoms with Gasteiger partial charge in [-0.3, -0.25) is 0 Å². The highest BCUT2D eigenvalue weighted by Gasteiger charge is 2.34. The molecule has 0 aromatic heterocycles. The van der Waals surface area contributed by atoms with E-state index >= 15 is 0 Å². The van der Waals surface area contributed by atoms with E-state index in [2.05, 4.69) is 5.32 Å². The third-order valence-corrected chi connectivity index (χ3v) is 2.73. The van der Waals surface area contributed by atoms with Gasteiger partial charge in [0.25, 0.3) is 0 Å². The summed E-state index contributed by atoms with van der Waals surface area (Å²) in [5.74, 6) is 0.857. The van der Waals surface area contributed by atoms with Crippen LogP contribution in [0.1, 0.15) is 25.7 Å². The van der Waals surface area contributed by atoms with Crippen LogP contribution < -0.4 is 11.1 Å². The van der Waals surface area contributed by atoms with Crippen LogP contribution in [0, 0.1) is 5.92 Å². The van der Waals surface area contributed by atoms with E-state index in [-0.39, 0.29) is 0 Å². The minimum atomic E-state index is 0.461. The SMILES string of the molecule is NC(C1CC1)C1CCCN1. The number of nitrogens with two attached hydrogens (primary N) is 1. The van der Waals surface area contributed by atoms with Crippen molar-refractivity contribution in [3.8, 4) is 0 Å². The van der Waals surface area contributed by atoms with Crippen LogP contribution in [0.4, 0.5) is 0 Å². The Morgan fingerprint density at radius 2 is 2.10 bits per heavy atom. The summed E-state index contributed by atoms with van der Waals surface area (Å²) in [6.45, 7) is 1.19. The van der Waals surface area contributed by atoms with Crippen molar-refractivity contribution in [3.05, 3.63) is 0 Å². The van der Waals surface area contributed by atoms with Crippen LogP contribution in [0.25, 0.3) is 0 Å². The fourth-order valence-corrected chi connectivity index (χ4v) is 1.85. The van der Waals surface area contributed by atoms with Gasteiger partial charge in [0.15, 0.2) is 0 Å². The molecule has 0 aromatic rings. The van der Waals surface area contributed by atoms with E-state index in [9.17, 15) is 0 Å². The molecule has 2 fully saturated rings. The number of rotatable bonds is 2. The monoisotopic (exact) mass is 140 g/mol. The van der Waals surface area contributed by atoms with E-state index in [0.29, 0.717) is 12.1 Å². The van der Waals surface area contributed by atoms with Gasteiger partial charge in [-0.25, -0.2) is 0 Å². The molecule has 0 radical (unpaired) electrons. The van der Waals surface area contributed by atoms with Crippen LogP contribution >= 0.6 is 0 Å². The molecule has 2 nitrogen and oxygen atoms in total. The highest BCUT2D eigenvalue weighted by Crippen LogP contribution is 2.34. The van der Waals surface area contributed by atoms with Crippen molar-refractivity contribution in [3.63, 3.8) is 0 Å². The molecular formula is C8H16N2. The van der Waals surface area contributed by atoms with E-state index < -0.39 is 0 Å². The third-order valence-electron chi connectivity index (χ3n) is 2.73. The Labute approximate surface area is 62.2 Å². The molecule has 3 N–H and O–H groups in total. The van der Waals surface area contributed by atoms with Crippen LogP contribution in [0.2, 0.25) is 0 Å². The van der Waals surface area contributed by atoms with Gasteiger partial charge in [-0.15, -0.1) is 0 Å². The summed E-state index contributed by atoms with van der Waals surface area (Å²) in [6, 6.07) is 1.11. The second-order valence-electron chi connectivity index (χ2n) is 3.62. The molecule has 0 spiro atoms. The number of nitrogens with one attached hydrogen (secondary N) is 1. The highest BCUT2D eigenvalue weighted by atomic mass is 15.0. The van der Waals surface area contributed by atoms with E-state index in [1.54, 1.807) is 0 Å². The maximum atomic E-state index is 6.02. The normalized spacial score (nSPS) is 36.3. The molecule has 1 saturated heterocycles. The van der Waals surface area contributed by atoms with Gasteiger partial charge in [0.1, 0.15) is 0 Å². The Balaban J connectivity index is 1.84. The second kappa shape index (κ2) is 2.51. The molecule has 0 bridgehead atoms. The molecule has 1 aliphatic carbocycles. The third kappa shape index (κ3) is 1.18. The van der Waals surface area contributed by atoms with Crippen molar-refractivity contribution in [1.29, 1.82) is 0 Å². The molecule has 58 valence electrons. The first-order chi connectivity index (χ1) is 4.88. The minimum Gasteiger partial charge on any atom is -0.326 e. The van der Waals surface area contributed by atoms with Gasteiger partial charge < -0.3 is 11.1 Å². The first-order valence-corrected chi connectivity index (χ1v) is 4.37. The molecule has 2 rings (SSSR count). The van der Waals surface area contributed by atoms with Crippen molar-refractivity contribution in [2.24, 2.45) is 11.7 Å². The molecule has 1 aliphatic heterocycles. The summed E-state index contributed by atoms with van der Waals surface area (Å²) in [6.07, 6.45) is 5.38. The Bertz CT molecular complexity index is 114. The van der Waals surface area contributed by atoms with Gasteiger partial charge in [-0.2, -0.15) is 0 Å². The first-order valence-electron chi connectivity index (χ1n) is 4.37. The van der Waals surface area contributed by atoms with Crippen molar-refractivity contribution in [2.75, 3.05) is 6.54 Å². The predicted octanol–water partition coefficient (Wildman–Crippen LogP) is 0.476. The average molecular weight is 140 g/mol. The predicted molar refractivity (Wildman–Crippen MR) is 41.7 cm³/mol. The molecule has 2 atom stereocenters. The van der Waals surface area contributed by atoms with Crippen molar-refractivity contribution >= 4 is 0 Å². The lowest BCUT2D eigenvalue weighted by Crippen LogP contribution is -2.42. The Kier molecular flexibility index (Phi) is 1.66. The van der Waals surface area contributed by atoms with Crippen molar-refractivity contribution < 1.29 is 0 Å². The molecule has 1 saturated carbocycles. The van der Waals surface area contributed by atoms with Crippen LogP contribution in [0.3, 0.4) is 0 Å². The molecule has 1 heterocycles. The molecule has 10 heavy (non-hydrogen) atoms. The Hall–Kier alpha value is -0.0800. The van der Waals surface area contributed by atoms with Gasteiger partial charge in [0.2, 0.25) is 0 Å². The molecular weight excluding hydrogens is 124 g/mol. The number of hydrogen-bond donors (Lipinski definition) is 2. The second-order valence-corrected chi connectivity index (χ2v) is 3.62. The summed E-state index contributed by atoms with van der Waals surface area (Å²) in [4.78, 5) is 0. The van der Waals surface area contributed by atoms with Gasteiger partial charge >= 0.3 is 0 Å². The van der Waals surface area contributed by atoms with Crippen LogP contribution in [-0.4, -0.2) is 18.6 Å². The summed E-state index contributed by atoms with van der Waals surface area (Å²) in [7, 11) is 0. The highest BCUT2D eigenvalue weighted by molar-refractivity contribution is 4.94. The lowest BCUT2D eigenvalue weighted by molar-refractivity contribution is 0.444.